The monoisotopic (exact) mass is 416 g/mol. The van der Waals surface area contributed by atoms with Crippen LogP contribution in [0.2, 0.25) is 0 Å². The Hall–Kier alpha value is -2.52. The molecule has 0 unspecified atom stereocenters. The van der Waals surface area contributed by atoms with Crippen LogP contribution in [-0.2, 0) is 4.79 Å². The molecule has 2 aromatic carbocycles. The summed E-state index contributed by atoms with van der Waals surface area (Å²) in [6, 6.07) is 12.9. The van der Waals surface area contributed by atoms with E-state index in [2.05, 4.69) is 22.0 Å². The van der Waals surface area contributed by atoms with Crippen molar-refractivity contribution in [1.29, 1.82) is 5.26 Å². The Balaban J connectivity index is 1.86. The van der Waals surface area contributed by atoms with Crippen LogP contribution in [0.4, 0.5) is 5.69 Å². The lowest BCUT2D eigenvalue weighted by Gasteiger charge is -2.18. The molecule has 0 saturated carbocycles. The third kappa shape index (κ3) is 4.99. The number of carbonyl (C=O) groups excluding carboxylic acids is 1. The van der Waals surface area contributed by atoms with E-state index in [1.165, 1.54) is 7.11 Å². The standard InChI is InChI=1S/C20H21BrN2O3/c1-14-11-16(7-8-17(14)21)23(2)20(24)5-4-10-26-18-9-6-15(13-22)12-19(18)25-3/h6-9,11-12H,4-5,10H2,1-3H3. The van der Waals surface area contributed by atoms with E-state index in [1.807, 2.05) is 25.1 Å². The lowest BCUT2D eigenvalue weighted by atomic mass is 10.2. The number of anilines is 1. The number of methoxy groups -OCH3 is 1. The summed E-state index contributed by atoms with van der Waals surface area (Å²) in [4.78, 5) is 14.0. The number of amides is 1. The second-order valence-corrected chi connectivity index (χ2v) is 6.67. The van der Waals surface area contributed by atoms with Crippen LogP contribution in [0.5, 0.6) is 11.5 Å². The molecule has 0 aromatic heterocycles. The Morgan fingerprint density at radius 1 is 1.23 bits per heavy atom. The Labute approximate surface area is 162 Å². The van der Waals surface area contributed by atoms with Gasteiger partial charge < -0.3 is 14.4 Å². The first kappa shape index (κ1) is 19.8. The van der Waals surface area contributed by atoms with Crippen LogP contribution < -0.4 is 14.4 Å². The number of hydrogen-bond acceptors (Lipinski definition) is 4. The quantitative estimate of drug-likeness (QED) is 0.624. The average molecular weight is 417 g/mol. The maximum Gasteiger partial charge on any atom is 0.226 e. The van der Waals surface area contributed by atoms with E-state index >= 15 is 0 Å². The molecule has 0 radical (unpaired) electrons. The second kappa shape index (κ2) is 9.25. The van der Waals surface area contributed by atoms with E-state index in [-0.39, 0.29) is 5.91 Å². The Morgan fingerprint density at radius 2 is 2.00 bits per heavy atom. The van der Waals surface area contributed by atoms with Gasteiger partial charge in [0.2, 0.25) is 5.91 Å². The van der Waals surface area contributed by atoms with Gasteiger partial charge in [-0.25, -0.2) is 0 Å². The van der Waals surface area contributed by atoms with Crippen molar-refractivity contribution in [2.45, 2.75) is 19.8 Å². The van der Waals surface area contributed by atoms with Crippen LogP contribution in [0, 0.1) is 18.3 Å². The van der Waals surface area contributed by atoms with Crippen molar-refractivity contribution >= 4 is 27.5 Å². The molecular formula is C20H21BrN2O3. The van der Waals surface area contributed by atoms with Gasteiger partial charge in [0.1, 0.15) is 0 Å². The summed E-state index contributed by atoms with van der Waals surface area (Å²) in [6.45, 7) is 2.38. The third-order valence-electron chi connectivity index (χ3n) is 3.99. The number of ether oxygens (including phenoxy) is 2. The zero-order valence-electron chi connectivity index (χ0n) is 15.1. The summed E-state index contributed by atoms with van der Waals surface area (Å²) in [5, 5.41) is 8.91. The SMILES string of the molecule is COc1cc(C#N)ccc1OCCCC(=O)N(C)c1ccc(Br)c(C)c1. The van der Waals surface area contributed by atoms with Crippen LogP contribution in [-0.4, -0.2) is 26.7 Å². The van der Waals surface area contributed by atoms with Crippen molar-refractivity contribution in [1.82, 2.24) is 0 Å². The van der Waals surface area contributed by atoms with E-state index in [0.717, 1.165) is 15.7 Å². The number of benzene rings is 2. The molecule has 0 N–H and O–H groups in total. The fraction of sp³-hybridized carbons (Fsp3) is 0.300. The summed E-state index contributed by atoms with van der Waals surface area (Å²) < 4.78 is 11.9. The minimum absolute atomic E-state index is 0.0297. The Bertz CT molecular complexity index is 830. The largest absolute Gasteiger partial charge is 0.493 e. The molecule has 2 rings (SSSR count). The molecule has 0 aliphatic rings. The van der Waals surface area contributed by atoms with Crippen LogP contribution in [0.25, 0.3) is 0 Å². The molecular weight excluding hydrogens is 396 g/mol. The predicted octanol–water partition coefficient (Wildman–Crippen LogP) is 4.46. The molecule has 0 bridgehead atoms. The highest BCUT2D eigenvalue weighted by molar-refractivity contribution is 9.10. The van der Waals surface area contributed by atoms with E-state index in [4.69, 9.17) is 14.7 Å². The summed E-state index contributed by atoms with van der Waals surface area (Å²) in [5.41, 5.74) is 2.46. The number of rotatable bonds is 7. The second-order valence-electron chi connectivity index (χ2n) is 5.82. The van der Waals surface area contributed by atoms with Gasteiger partial charge in [-0.2, -0.15) is 5.26 Å². The first-order valence-electron chi connectivity index (χ1n) is 8.20. The highest BCUT2D eigenvalue weighted by Gasteiger charge is 2.12. The van der Waals surface area contributed by atoms with Gasteiger partial charge in [-0.15, -0.1) is 0 Å². The Kier molecular flexibility index (Phi) is 7.05. The van der Waals surface area contributed by atoms with Gasteiger partial charge in [0, 0.05) is 29.7 Å². The van der Waals surface area contributed by atoms with Crippen molar-refractivity contribution in [2.24, 2.45) is 0 Å². The van der Waals surface area contributed by atoms with E-state index in [9.17, 15) is 4.79 Å². The minimum Gasteiger partial charge on any atom is -0.493 e. The van der Waals surface area contributed by atoms with Crippen molar-refractivity contribution in [3.63, 3.8) is 0 Å². The van der Waals surface area contributed by atoms with Gasteiger partial charge in [0.05, 0.1) is 25.3 Å². The number of aryl methyl sites for hydroxylation is 1. The summed E-state index contributed by atoms with van der Waals surface area (Å²) in [7, 11) is 3.30. The Morgan fingerprint density at radius 3 is 2.65 bits per heavy atom. The van der Waals surface area contributed by atoms with Crippen LogP contribution in [0.15, 0.2) is 40.9 Å². The minimum atomic E-state index is 0.0297. The van der Waals surface area contributed by atoms with E-state index in [1.54, 1.807) is 30.1 Å². The average Bonchev–Trinajstić information content (AvgIpc) is 2.66. The molecule has 5 nitrogen and oxygen atoms in total. The molecule has 26 heavy (non-hydrogen) atoms. The molecule has 0 fully saturated rings. The molecule has 0 saturated heterocycles. The molecule has 0 aliphatic carbocycles. The zero-order valence-corrected chi connectivity index (χ0v) is 16.7. The third-order valence-corrected chi connectivity index (χ3v) is 4.88. The number of nitrogens with zero attached hydrogens (tertiary/aromatic N) is 2. The van der Waals surface area contributed by atoms with Gasteiger partial charge in [0.25, 0.3) is 0 Å². The first-order valence-corrected chi connectivity index (χ1v) is 8.99. The van der Waals surface area contributed by atoms with E-state index in [0.29, 0.717) is 36.5 Å². The summed E-state index contributed by atoms with van der Waals surface area (Å²) in [5.74, 6) is 1.11. The van der Waals surface area contributed by atoms with Crippen LogP contribution >= 0.6 is 15.9 Å². The van der Waals surface area contributed by atoms with Crippen molar-refractivity contribution < 1.29 is 14.3 Å². The highest BCUT2D eigenvalue weighted by atomic mass is 79.9. The fourth-order valence-corrected chi connectivity index (χ4v) is 2.66. The van der Waals surface area contributed by atoms with Gasteiger partial charge in [-0.05, 0) is 49.2 Å². The number of hydrogen-bond donors (Lipinski definition) is 0. The molecule has 2 aromatic rings. The van der Waals surface area contributed by atoms with Crippen molar-refractivity contribution in [2.75, 3.05) is 25.7 Å². The summed E-state index contributed by atoms with van der Waals surface area (Å²) >= 11 is 3.46. The molecule has 1 amide bonds. The fourth-order valence-electron chi connectivity index (χ4n) is 2.41. The van der Waals surface area contributed by atoms with Gasteiger partial charge in [-0.3, -0.25) is 4.79 Å². The first-order chi connectivity index (χ1) is 12.5. The smallest absolute Gasteiger partial charge is 0.226 e. The van der Waals surface area contributed by atoms with Crippen LogP contribution in [0.3, 0.4) is 0 Å². The van der Waals surface area contributed by atoms with Crippen LogP contribution in [0.1, 0.15) is 24.0 Å². The van der Waals surface area contributed by atoms with E-state index < -0.39 is 0 Å². The lowest BCUT2D eigenvalue weighted by Crippen LogP contribution is -2.26. The van der Waals surface area contributed by atoms with Crippen molar-refractivity contribution in [3.8, 4) is 17.6 Å². The number of carbonyl (C=O) groups is 1. The molecule has 0 atom stereocenters. The molecule has 6 heteroatoms. The molecule has 136 valence electrons. The zero-order chi connectivity index (χ0) is 19.1. The maximum absolute atomic E-state index is 12.4. The molecule has 0 spiro atoms. The normalized spacial score (nSPS) is 10.1. The van der Waals surface area contributed by atoms with Crippen molar-refractivity contribution in [3.05, 3.63) is 52.0 Å². The van der Waals surface area contributed by atoms with Gasteiger partial charge in [-0.1, -0.05) is 15.9 Å². The lowest BCUT2D eigenvalue weighted by molar-refractivity contribution is -0.118. The number of nitriles is 1. The summed E-state index contributed by atoms with van der Waals surface area (Å²) in [6.07, 6.45) is 0.964. The maximum atomic E-state index is 12.4. The topological polar surface area (TPSA) is 62.6 Å². The van der Waals surface area contributed by atoms with Gasteiger partial charge in [0.15, 0.2) is 11.5 Å². The van der Waals surface area contributed by atoms with Gasteiger partial charge >= 0.3 is 0 Å². The molecule has 0 aliphatic heterocycles. The highest BCUT2D eigenvalue weighted by Crippen LogP contribution is 2.28. The molecule has 0 heterocycles. The predicted molar refractivity (Wildman–Crippen MR) is 105 cm³/mol. The number of halogens is 1.